The number of aromatic hydroxyl groups is 2. The van der Waals surface area contributed by atoms with Crippen LogP contribution in [0.25, 0.3) is 0 Å². The second kappa shape index (κ2) is 16.7. The van der Waals surface area contributed by atoms with Crippen LogP contribution in [0.5, 0.6) is 11.5 Å². The van der Waals surface area contributed by atoms with Gasteiger partial charge in [-0.3, -0.25) is 9.59 Å². The van der Waals surface area contributed by atoms with Crippen LogP contribution in [0.15, 0.2) is 91.5 Å². The van der Waals surface area contributed by atoms with Gasteiger partial charge in [-0.25, -0.2) is 9.59 Å². The van der Waals surface area contributed by atoms with Gasteiger partial charge in [-0.1, -0.05) is 66.7 Å². The second-order valence-corrected chi connectivity index (χ2v) is 13.6. The van der Waals surface area contributed by atoms with Crippen LogP contribution < -0.4 is 10.6 Å². The average molecular weight is 674 g/mol. The molecular formula is C38H47N3O8. The van der Waals surface area contributed by atoms with Crippen molar-refractivity contribution < 1.29 is 38.9 Å². The number of phenols is 2. The first-order valence-corrected chi connectivity index (χ1v) is 16.0. The molecule has 49 heavy (non-hydrogen) atoms. The normalized spacial score (nSPS) is 13.3. The number of alkyl carbamates (subject to hydrolysis) is 1. The zero-order valence-corrected chi connectivity index (χ0v) is 28.9. The smallest absolute Gasteiger partial charge is 0.408 e. The molecule has 0 spiro atoms. The highest BCUT2D eigenvalue weighted by molar-refractivity contribution is 5.94. The lowest BCUT2D eigenvalue weighted by molar-refractivity contribution is -0.159. The van der Waals surface area contributed by atoms with Crippen molar-refractivity contribution in [1.82, 2.24) is 15.5 Å². The lowest BCUT2D eigenvalue weighted by Gasteiger charge is -2.35. The Labute approximate surface area is 287 Å². The first kappa shape index (κ1) is 38.1. The van der Waals surface area contributed by atoms with Crippen LogP contribution >= 0.6 is 0 Å². The Morgan fingerprint density at radius 3 is 1.88 bits per heavy atom. The molecular weight excluding hydrogens is 626 g/mol. The molecule has 3 aromatic rings. The molecule has 262 valence electrons. The highest BCUT2D eigenvalue weighted by Crippen LogP contribution is 2.30. The number of phenolic OH excluding ortho intramolecular Hbond substituents is 2. The maximum absolute atomic E-state index is 14.5. The number of esters is 1. The number of hydrogen-bond donors (Lipinski definition) is 4. The fourth-order valence-electron chi connectivity index (χ4n) is 5.02. The predicted molar refractivity (Wildman–Crippen MR) is 186 cm³/mol. The standard InChI is InChI=1S/C38H47N3O8/c1-8-22-41(34(45)29(40-36(47)49-38(5,6)7)23-26-18-20-27(42)21-19-26)32(28-16-12-13-17-31(28)43)33(44)39-30(35(46)48-37(2,3)4)24-25-14-10-9-11-15-25/h8-21,29-30,32,42-43H,1,22-24H2,2-7H3,(H,39,44)(H,40,47). The third kappa shape index (κ3) is 12.0. The van der Waals surface area contributed by atoms with Crippen molar-refractivity contribution in [3.63, 3.8) is 0 Å². The van der Waals surface area contributed by atoms with Gasteiger partial charge in [-0.05, 0) is 70.9 Å². The number of para-hydroxylation sites is 1. The molecule has 0 aromatic heterocycles. The Balaban J connectivity index is 2.09. The minimum atomic E-state index is -1.48. The van der Waals surface area contributed by atoms with Crippen molar-refractivity contribution in [2.24, 2.45) is 0 Å². The van der Waals surface area contributed by atoms with Crippen LogP contribution in [0.1, 0.15) is 64.3 Å². The lowest BCUT2D eigenvalue weighted by atomic mass is 9.98. The van der Waals surface area contributed by atoms with E-state index in [0.29, 0.717) is 5.56 Å². The Morgan fingerprint density at radius 2 is 1.31 bits per heavy atom. The molecule has 0 bridgehead atoms. The van der Waals surface area contributed by atoms with E-state index in [0.717, 1.165) is 5.56 Å². The van der Waals surface area contributed by atoms with Gasteiger partial charge in [0, 0.05) is 24.9 Å². The number of nitrogens with zero attached hydrogens (tertiary/aromatic N) is 1. The Morgan fingerprint density at radius 1 is 0.755 bits per heavy atom. The first-order valence-electron chi connectivity index (χ1n) is 16.0. The predicted octanol–water partition coefficient (Wildman–Crippen LogP) is 5.36. The second-order valence-electron chi connectivity index (χ2n) is 13.6. The van der Waals surface area contributed by atoms with Crippen molar-refractivity contribution in [2.75, 3.05) is 6.54 Å². The Kier molecular flexibility index (Phi) is 13.0. The summed E-state index contributed by atoms with van der Waals surface area (Å²) in [4.78, 5) is 56.6. The number of amides is 3. The van der Waals surface area contributed by atoms with E-state index >= 15 is 0 Å². The summed E-state index contributed by atoms with van der Waals surface area (Å²) in [6.45, 7) is 13.8. The fraction of sp³-hybridized carbons (Fsp3) is 0.368. The van der Waals surface area contributed by atoms with Crippen molar-refractivity contribution in [2.45, 2.75) is 83.7 Å². The number of rotatable bonds is 13. The largest absolute Gasteiger partial charge is 0.508 e. The average Bonchev–Trinajstić information content (AvgIpc) is 3.00. The molecule has 3 rings (SSSR count). The number of ether oxygens (including phenoxy) is 2. The van der Waals surface area contributed by atoms with Crippen molar-refractivity contribution in [3.05, 3.63) is 108 Å². The molecule has 11 nitrogen and oxygen atoms in total. The van der Waals surface area contributed by atoms with E-state index in [1.807, 2.05) is 30.3 Å². The molecule has 0 aliphatic carbocycles. The van der Waals surface area contributed by atoms with Gasteiger partial charge >= 0.3 is 12.1 Å². The summed E-state index contributed by atoms with van der Waals surface area (Å²) >= 11 is 0. The summed E-state index contributed by atoms with van der Waals surface area (Å²) in [6.07, 6.45) is 0.613. The molecule has 0 aliphatic rings. The van der Waals surface area contributed by atoms with Gasteiger partial charge in [0.1, 0.15) is 40.8 Å². The van der Waals surface area contributed by atoms with Crippen LogP contribution in [0.2, 0.25) is 0 Å². The van der Waals surface area contributed by atoms with E-state index in [1.54, 1.807) is 65.8 Å². The summed E-state index contributed by atoms with van der Waals surface area (Å²) in [6, 6.07) is 17.4. The summed E-state index contributed by atoms with van der Waals surface area (Å²) in [7, 11) is 0. The fourth-order valence-corrected chi connectivity index (χ4v) is 5.02. The SMILES string of the molecule is C=CCN(C(=O)C(Cc1ccc(O)cc1)NC(=O)OC(C)(C)C)C(C(=O)NC(Cc1ccccc1)C(=O)OC(C)(C)C)c1ccccc1O. The highest BCUT2D eigenvalue weighted by atomic mass is 16.6. The summed E-state index contributed by atoms with van der Waals surface area (Å²) in [5.74, 6) is -2.40. The quantitative estimate of drug-likeness (QED) is 0.140. The maximum Gasteiger partial charge on any atom is 0.408 e. The molecule has 3 atom stereocenters. The van der Waals surface area contributed by atoms with E-state index in [4.69, 9.17) is 9.47 Å². The molecule has 11 heteroatoms. The van der Waals surface area contributed by atoms with Crippen LogP contribution in [-0.2, 0) is 36.7 Å². The van der Waals surface area contributed by atoms with Gasteiger partial charge in [-0.2, -0.15) is 0 Å². The molecule has 0 fully saturated rings. The van der Waals surface area contributed by atoms with Crippen LogP contribution in [0.3, 0.4) is 0 Å². The molecule has 0 saturated heterocycles. The van der Waals surface area contributed by atoms with Gasteiger partial charge < -0.3 is 35.2 Å². The number of benzene rings is 3. The maximum atomic E-state index is 14.5. The molecule has 0 radical (unpaired) electrons. The molecule has 0 saturated carbocycles. The summed E-state index contributed by atoms with van der Waals surface area (Å²) in [5.41, 5.74) is -0.286. The monoisotopic (exact) mass is 673 g/mol. The molecule has 3 unspecified atom stereocenters. The van der Waals surface area contributed by atoms with Crippen LogP contribution in [0.4, 0.5) is 4.79 Å². The first-order chi connectivity index (χ1) is 23.0. The van der Waals surface area contributed by atoms with E-state index in [1.165, 1.54) is 35.2 Å². The lowest BCUT2D eigenvalue weighted by Crippen LogP contribution is -2.55. The molecule has 0 aliphatic heterocycles. The zero-order chi connectivity index (χ0) is 36.4. The number of nitrogens with one attached hydrogen (secondary N) is 2. The van der Waals surface area contributed by atoms with Gasteiger partial charge in [0.25, 0.3) is 0 Å². The van der Waals surface area contributed by atoms with E-state index in [9.17, 15) is 29.4 Å². The summed E-state index contributed by atoms with van der Waals surface area (Å²) < 4.78 is 11.1. The summed E-state index contributed by atoms with van der Waals surface area (Å²) in [5, 5.41) is 26.2. The van der Waals surface area contributed by atoms with Crippen molar-refractivity contribution >= 4 is 23.9 Å². The molecule has 3 aromatic carbocycles. The third-order valence-corrected chi connectivity index (χ3v) is 7.06. The van der Waals surface area contributed by atoms with Gasteiger partial charge in [0.05, 0.1) is 0 Å². The minimum absolute atomic E-state index is 0.0198. The Bertz CT molecular complexity index is 1590. The molecule has 4 N–H and O–H groups in total. The molecule has 0 heterocycles. The highest BCUT2D eigenvalue weighted by Gasteiger charge is 2.39. The van der Waals surface area contributed by atoms with Gasteiger partial charge in [-0.15, -0.1) is 6.58 Å². The van der Waals surface area contributed by atoms with E-state index in [2.05, 4.69) is 17.2 Å². The van der Waals surface area contributed by atoms with E-state index in [-0.39, 0.29) is 36.4 Å². The Hall–Kier alpha value is -5.32. The minimum Gasteiger partial charge on any atom is -0.508 e. The van der Waals surface area contributed by atoms with Crippen LogP contribution in [0, 0.1) is 0 Å². The zero-order valence-electron chi connectivity index (χ0n) is 28.9. The van der Waals surface area contributed by atoms with Crippen molar-refractivity contribution in [1.29, 1.82) is 0 Å². The van der Waals surface area contributed by atoms with Gasteiger partial charge in [0.15, 0.2) is 0 Å². The van der Waals surface area contributed by atoms with Crippen LogP contribution in [-0.4, -0.2) is 68.8 Å². The molecule has 3 amide bonds. The number of hydrogen-bond acceptors (Lipinski definition) is 8. The third-order valence-electron chi connectivity index (χ3n) is 7.06. The van der Waals surface area contributed by atoms with Gasteiger partial charge in [0.2, 0.25) is 11.8 Å². The van der Waals surface area contributed by atoms with E-state index < -0.39 is 53.2 Å². The number of carbonyl (C=O) groups is 4. The van der Waals surface area contributed by atoms with Crippen molar-refractivity contribution in [3.8, 4) is 11.5 Å². The topological polar surface area (TPSA) is 154 Å². The number of carbonyl (C=O) groups excluding carboxylic acids is 4.